The number of ether oxygens (including phenoxy) is 1. The molecule has 0 aromatic rings. The minimum absolute atomic E-state index is 0.0239. The minimum Gasteiger partial charge on any atom is -0.378 e. The molecule has 1 aliphatic rings. The van der Waals surface area contributed by atoms with Gasteiger partial charge in [0.2, 0.25) is 5.91 Å². The normalized spacial score (nSPS) is 19.2. The van der Waals surface area contributed by atoms with Crippen LogP contribution in [0.4, 0.5) is 0 Å². The van der Waals surface area contributed by atoms with Crippen LogP contribution >= 0.6 is 0 Å². The van der Waals surface area contributed by atoms with Crippen molar-refractivity contribution < 1.29 is 9.53 Å². The lowest BCUT2D eigenvalue weighted by Gasteiger charge is -2.34. The van der Waals surface area contributed by atoms with Gasteiger partial charge in [0.05, 0.1) is 19.3 Å². The van der Waals surface area contributed by atoms with E-state index in [4.69, 9.17) is 4.74 Å². The van der Waals surface area contributed by atoms with Crippen LogP contribution < -0.4 is 5.32 Å². The largest absolute Gasteiger partial charge is 0.378 e. The Kier molecular flexibility index (Phi) is 5.40. The fraction of sp³-hybridized carbons (Fsp3) is 0.923. The van der Waals surface area contributed by atoms with E-state index in [0.29, 0.717) is 13.2 Å². The predicted octanol–water partition coefficient (Wildman–Crippen LogP) is 1.40. The molecule has 4 heteroatoms. The van der Waals surface area contributed by atoms with Crippen LogP contribution in [0, 0.1) is 0 Å². The highest BCUT2D eigenvalue weighted by Gasteiger charge is 2.26. The number of morpholine rings is 1. The number of nitrogens with zero attached hydrogens (tertiary/aromatic N) is 1. The molecular weight excluding hydrogens is 216 g/mol. The second kappa shape index (κ2) is 6.36. The van der Waals surface area contributed by atoms with E-state index < -0.39 is 0 Å². The SMILES string of the molecule is CCCC(C)(C)NC(C)C(=O)N1CCOCC1. The maximum Gasteiger partial charge on any atom is 0.239 e. The highest BCUT2D eigenvalue weighted by atomic mass is 16.5. The van der Waals surface area contributed by atoms with Crippen LogP contribution in [-0.2, 0) is 9.53 Å². The third-order valence-corrected chi connectivity index (χ3v) is 3.18. The van der Waals surface area contributed by atoms with Gasteiger partial charge in [0.15, 0.2) is 0 Å². The molecule has 1 aliphatic heterocycles. The van der Waals surface area contributed by atoms with E-state index in [1.165, 1.54) is 0 Å². The molecule has 0 bridgehead atoms. The van der Waals surface area contributed by atoms with Crippen molar-refractivity contribution >= 4 is 5.91 Å². The summed E-state index contributed by atoms with van der Waals surface area (Å²) in [7, 11) is 0. The monoisotopic (exact) mass is 242 g/mol. The topological polar surface area (TPSA) is 41.6 Å². The molecule has 1 unspecified atom stereocenters. The average Bonchev–Trinajstić information content (AvgIpc) is 2.28. The smallest absolute Gasteiger partial charge is 0.239 e. The Hall–Kier alpha value is -0.610. The van der Waals surface area contributed by atoms with Gasteiger partial charge in [-0.05, 0) is 27.2 Å². The quantitative estimate of drug-likeness (QED) is 0.792. The first kappa shape index (κ1) is 14.5. The maximum absolute atomic E-state index is 12.2. The van der Waals surface area contributed by atoms with Crippen LogP contribution in [0.2, 0.25) is 0 Å². The molecule has 1 N–H and O–H groups in total. The summed E-state index contributed by atoms with van der Waals surface area (Å²) < 4.78 is 5.25. The minimum atomic E-state index is -0.116. The van der Waals surface area contributed by atoms with Gasteiger partial charge in [0.1, 0.15) is 0 Å². The number of rotatable bonds is 5. The third kappa shape index (κ3) is 4.64. The van der Waals surface area contributed by atoms with Gasteiger partial charge in [-0.25, -0.2) is 0 Å². The summed E-state index contributed by atoms with van der Waals surface area (Å²) in [6.07, 6.45) is 2.20. The van der Waals surface area contributed by atoms with E-state index in [0.717, 1.165) is 25.9 Å². The average molecular weight is 242 g/mol. The van der Waals surface area contributed by atoms with Crippen molar-refractivity contribution in [2.24, 2.45) is 0 Å². The Morgan fingerprint density at radius 2 is 2.00 bits per heavy atom. The molecule has 4 nitrogen and oxygen atoms in total. The van der Waals surface area contributed by atoms with Crippen molar-refractivity contribution in [2.45, 2.75) is 52.1 Å². The highest BCUT2D eigenvalue weighted by molar-refractivity contribution is 5.81. The standard InChI is InChI=1S/C13H26N2O2/c1-5-6-13(3,4)14-11(2)12(16)15-7-9-17-10-8-15/h11,14H,5-10H2,1-4H3. The van der Waals surface area contributed by atoms with Crippen LogP contribution in [0.15, 0.2) is 0 Å². The number of hydrogen-bond donors (Lipinski definition) is 1. The van der Waals surface area contributed by atoms with Gasteiger partial charge in [-0.15, -0.1) is 0 Å². The van der Waals surface area contributed by atoms with Crippen LogP contribution in [0.1, 0.15) is 40.5 Å². The first-order valence-electron chi connectivity index (χ1n) is 6.60. The van der Waals surface area contributed by atoms with Gasteiger partial charge in [-0.3, -0.25) is 4.79 Å². The molecule has 0 aromatic carbocycles. The molecule has 100 valence electrons. The number of carbonyl (C=O) groups excluding carboxylic acids is 1. The molecule has 0 spiro atoms. The van der Waals surface area contributed by atoms with Gasteiger partial charge in [-0.1, -0.05) is 13.3 Å². The third-order valence-electron chi connectivity index (χ3n) is 3.18. The van der Waals surface area contributed by atoms with Crippen LogP contribution in [-0.4, -0.2) is 48.7 Å². The van der Waals surface area contributed by atoms with E-state index in [1.807, 2.05) is 11.8 Å². The second-order valence-electron chi connectivity index (χ2n) is 5.44. The predicted molar refractivity (Wildman–Crippen MR) is 69.0 cm³/mol. The summed E-state index contributed by atoms with van der Waals surface area (Å²) in [5.74, 6) is 0.192. The molecule has 1 amide bonds. The van der Waals surface area contributed by atoms with Crippen LogP contribution in [0.3, 0.4) is 0 Å². The van der Waals surface area contributed by atoms with E-state index >= 15 is 0 Å². The van der Waals surface area contributed by atoms with Crippen molar-refractivity contribution in [1.29, 1.82) is 0 Å². The lowest BCUT2D eigenvalue weighted by molar-refractivity contribution is -0.137. The molecule has 0 radical (unpaired) electrons. The Morgan fingerprint density at radius 1 is 1.41 bits per heavy atom. The summed E-state index contributed by atoms with van der Waals surface area (Å²) in [5, 5.41) is 3.42. The second-order valence-corrected chi connectivity index (χ2v) is 5.44. The van der Waals surface area contributed by atoms with Crippen molar-refractivity contribution in [2.75, 3.05) is 26.3 Å². The number of nitrogens with one attached hydrogen (secondary N) is 1. The van der Waals surface area contributed by atoms with Gasteiger partial charge in [-0.2, -0.15) is 0 Å². The van der Waals surface area contributed by atoms with Crippen molar-refractivity contribution in [3.05, 3.63) is 0 Å². The van der Waals surface area contributed by atoms with E-state index in [1.54, 1.807) is 0 Å². The first-order valence-corrected chi connectivity index (χ1v) is 6.60. The summed E-state index contributed by atoms with van der Waals surface area (Å²) in [6.45, 7) is 11.2. The Balaban J connectivity index is 2.45. The van der Waals surface area contributed by atoms with E-state index in [-0.39, 0.29) is 17.5 Å². The first-order chi connectivity index (χ1) is 7.96. The number of amides is 1. The van der Waals surface area contributed by atoms with Gasteiger partial charge >= 0.3 is 0 Å². The molecular formula is C13H26N2O2. The fourth-order valence-corrected chi connectivity index (χ4v) is 2.40. The maximum atomic E-state index is 12.2. The van der Waals surface area contributed by atoms with Crippen molar-refractivity contribution in [3.8, 4) is 0 Å². The van der Waals surface area contributed by atoms with Gasteiger partial charge in [0.25, 0.3) is 0 Å². The summed E-state index contributed by atoms with van der Waals surface area (Å²) in [6, 6.07) is -0.116. The summed E-state index contributed by atoms with van der Waals surface area (Å²) >= 11 is 0. The van der Waals surface area contributed by atoms with Crippen LogP contribution in [0.5, 0.6) is 0 Å². The zero-order chi connectivity index (χ0) is 12.9. The van der Waals surface area contributed by atoms with Crippen LogP contribution in [0.25, 0.3) is 0 Å². The van der Waals surface area contributed by atoms with Gasteiger partial charge in [0, 0.05) is 18.6 Å². The molecule has 0 saturated carbocycles. The lowest BCUT2D eigenvalue weighted by atomic mass is 9.97. The summed E-state index contributed by atoms with van der Waals surface area (Å²) in [5.41, 5.74) is 0.0239. The van der Waals surface area contributed by atoms with Crippen molar-refractivity contribution in [1.82, 2.24) is 10.2 Å². The zero-order valence-corrected chi connectivity index (χ0v) is 11.6. The highest BCUT2D eigenvalue weighted by Crippen LogP contribution is 2.12. The number of carbonyl (C=O) groups is 1. The molecule has 0 aromatic heterocycles. The van der Waals surface area contributed by atoms with Gasteiger partial charge < -0.3 is 15.0 Å². The summed E-state index contributed by atoms with van der Waals surface area (Å²) in [4.78, 5) is 14.1. The molecule has 1 atom stereocenters. The Morgan fingerprint density at radius 3 is 2.53 bits per heavy atom. The fourth-order valence-electron chi connectivity index (χ4n) is 2.40. The van der Waals surface area contributed by atoms with Crippen molar-refractivity contribution in [3.63, 3.8) is 0 Å². The lowest BCUT2D eigenvalue weighted by Crippen LogP contribution is -2.54. The molecule has 0 aliphatic carbocycles. The molecule has 1 heterocycles. The number of hydrogen-bond acceptors (Lipinski definition) is 3. The molecule has 17 heavy (non-hydrogen) atoms. The molecule has 1 rings (SSSR count). The molecule has 1 fully saturated rings. The molecule has 1 saturated heterocycles. The Labute approximate surface area is 105 Å². The Bertz CT molecular complexity index is 248. The van der Waals surface area contributed by atoms with E-state index in [9.17, 15) is 4.79 Å². The zero-order valence-electron chi connectivity index (χ0n) is 11.6. The van der Waals surface area contributed by atoms with E-state index in [2.05, 4.69) is 26.1 Å².